The minimum absolute atomic E-state index is 0.246. The second-order valence-corrected chi connectivity index (χ2v) is 3.71. The van der Waals surface area contributed by atoms with Gasteiger partial charge in [-0.25, -0.2) is 4.79 Å². The summed E-state index contributed by atoms with van der Waals surface area (Å²) >= 11 is 0. The zero-order chi connectivity index (χ0) is 15.0. The van der Waals surface area contributed by atoms with Crippen LogP contribution in [-0.2, 0) is 19.1 Å². The monoisotopic (exact) mass is 275 g/mol. The third-order valence-corrected chi connectivity index (χ3v) is 2.21. The van der Waals surface area contributed by atoms with E-state index in [1.165, 1.54) is 0 Å². The number of aldehydes is 1. The van der Waals surface area contributed by atoms with Gasteiger partial charge in [-0.1, -0.05) is 6.58 Å². The fourth-order valence-electron chi connectivity index (χ4n) is 1.29. The third kappa shape index (κ3) is 5.60. The van der Waals surface area contributed by atoms with Gasteiger partial charge in [-0.2, -0.15) is 0 Å². The Morgan fingerprint density at radius 3 is 2.37 bits per heavy atom. The molecule has 0 saturated heterocycles. The summed E-state index contributed by atoms with van der Waals surface area (Å²) in [7, 11) is 0. The first kappa shape index (κ1) is 17.2. The molecule has 0 rings (SSSR count). The van der Waals surface area contributed by atoms with Crippen molar-refractivity contribution in [2.75, 3.05) is 6.61 Å². The zero-order valence-electron chi connectivity index (χ0n) is 10.4. The number of rotatable bonds is 8. The molecule has 0 fully saturated rings. The highest BCUT2D eigenvalue weighted by Gasteiger charge is 2.36. The molecule has 8 nitrogen and oxygen atoms in total. The molecule has 0 aromatic carbocycles. The van der Waals surface area contributed by atoms with E-state index >= 15 is 0 Å². The molecule has 108 valence electrons. The second kappa shape index (κ2) is 8.35. The summed E-state index contributed by atoms with van der Waals surface area (Å²) in [4.78, 5) is 32.9. The molecule has 0 radical (unpaired) electrons. The van der Waals surface area contributed by atoms with Crippen molar-refractivity contribution in [3.63, 3.8) is 0 Å². The largest absolute Gasteiger partial charge is 0.454 e. The van der Waals surface area contributed by atoms with Crippen molar-refractivity contribution >= 4 is 18.2 Å². The molecule has 0 heterocycles. The third-order valence-electron chi connectivity index (χ3n) is 2.21. The van der Waals surface area contributed by atoms with Gasteiger partial charge in [0, 0.05) is 13.0 Å². The number of ether oxygens (including phenoxy) is 1. The molecule has 0 aliphatic rings. The Kier molecular flexibility index (Phi) is 7.57. The van der Waals surface area contributed by atoms with Crippen LogP contribution in [0.25, 0.3) is 0 Å². The van der Waals surface area contributed by atoms with Crippen molar-refractivity contribution < 1.29 is 34.4 Å². The topological polar surface area (TPSA) is 133 Å². The Morgan fingerprint density at radius 2 is 2.00 bits per heavy atom. The van der Waals surface area contributed by atoms with Gasteiger partial charge < -0.3 is 30.2 Å². The smallest absolute Gasteiger partial charge is 0.330 e. The normalized spacial score (nSPS) is 16.6. The first-order valence-corrected chi connectivity index (χ1v) is 5.39. The van der Waals surface area contributed by atoms with Crippen molar-refractivity contribution in [3.05, 3.63) is 12.7 Å². The van der Waals surface area contributed by atoms with Gasteiger partial charge in [0.2, 0.25) is 5.91 Å². The number of carbonyl (C=O) groups is 3. The molecule has 4 atom stereocenters. The van der Waals surface area contributed by atoms with E-state index in [2.05, 4.69) is 11.9 Å². The average Bonchev–Trinajstić information content (AvgIpc) is 2.40. The lowest BCUT2D eigenvalue weighted by Crippen LogP contribution is -2.54. The maximum Gasteiger partial charge on any atom is 0.330 e. The van der Waals surface area contributed by atoms with Crippen LogP contribution in [0.3, 0.4) is 0 Å². The summed E-state index contributed by atoms with van der Waals surface area (Å²) in [5.41, 5.74) is 0. The van der Waals surface area contributed by atoms with E-state index in [1.54, 1.807) is 0 Å². The highest BCUT2D eigenvalue weighted by atomic mass is 16.6. The average molecular weight is 275 g/mol. The fraction of sp³-hybridized carbons (Fsp3) is 0.545. The van der Waals surface area contributed by atoms with E-state index in [0.29, 0.717) is 0 Å². The molecule has 0 bridgehead atoms. The standard InChI is InChI=1S/C11H17NO7/c1-3-9(17)19-11(10(18)8(16)5-14)7(4-13)12-6(2)15/h3-4,7-8,10-11,14,16,18H,1,5H2,2H3,(H,12,15)/t7-,8+,10+,11+/m0/s1. The quantitative estimate of drug-likeness (QED) is 0.218. The summed E-state index contributed by atoms with van der Waals surface area (Å²) in [6.07, 6.45) is -3.90. The van der Waals surface area contributed by atoms with Crippen LogP contribution >= 0.6 is 0 Å². The molecule has 0 aliphatic carbocycles. The number of aliphatic hydroxyl groups is 3. The van der Waals surface area contributed by atoms with E-state index in [9.17, 15) is 24.6 Å². The molecular formula is C11H17NO7. The summed E-state index contributed by atoms with van der Waals surface area (Å²) in [6.45, 7) is 3.45. The van der Waals surface area contributed by atoms with Gasteiger partial charge in [0.15, 0.2) is 6.10 Å². The van der Waals surface area contributed by atoms with E-state index in [-0.39, 0.29) is 6.29 Å². The lowest BCUT2D eigenvalue weighted by Gasteiger charge is -2.29. The predicted octanol–water partition coefficient (Wildman–Crippen LogP) is -2.50. The molecule has 8 heteroatoms. The zero-order valence-corrected chi connectivity index (χ0v) is 10.4. The Bertz CT molecular complexity index is 344. The minimum Gasteiger partial charge on any atom is -0.454 e. The molecule has 0 aromatic rings. The lowest BCUT2D eigenvalue weighted by molar-refractivity contribution is -0.160. The van der Waals surface area contributed by atoms with E-state index in [0.717, 1.165) is 13.0 Å². The van der Waals surface area contributed by atoms with Gasteiger partial charge >= 0.3 is 5.97 Å². The molecule has 0 aromatic heterocycles. The SMILES string of the molecule is C=CC(=O)O[C@@H]([C@H](O)[C@H](O)CO)[C@H](C=O)NC(C)=O. The number of aliphatic hydroxyl groups excluding tert-OH is 3. The van der Waals surface area contributed by atoms with Crippen molar-refractivity contribution in [3.8, 4) is 0 Å². The molecule has 0 saturated carbocycles. The fourth-order valence-corrected chi connectivity index (χ4v) is 1.29. The first-order valence-electron chi connectivity index (χ1n) is 5.39. The molecule has 1 amide bonds. The van der Waals surface area contributed by atoms with Crippen LogP contribution < -0.4 is 5.32 Å². The maximum atomic E-state index is 11.1. The summed E-state index contributed by atoms with van der Waals surface area (Å²) < 4.78 is 4.71. The summed E-state index contributed by atoms with van der Waals surface area (Å²) in [6, 6.07) is -1.36. The molecular weight excluding hydrogens is 258 g/mol. The van der Waals surface area contributed by atoms with Crippen molar-refractivity contribution in [1.82, 2.24) is 5.32 Å². The lowest BCUT2D eigenvalue weighted by atomic mass is 10.0. The summed E-state index contributed by atoms with van der Waals surface area (Å²) in [5.74, 6) is -1.55. The number of esters is 1. The van der Waals surface area contributed by atoms with Crippen molar-refractivity contribution in [2.24, 2.45) is 0 Å². The number of carbonyl (C=O) groups excluding carboxylic acids is 3. The number of nitrogens with one attached hydrogen (secondary N) is 1. The molecule has 0 spiro atoms. The van der Waals surface area contributed by atoms with Gasteiger partial charge in [-0.15, -0.1) is 0 Å². The van der Waals surface area contributed by atoms with Gasteiger partial charge in [-0.3, -0.25) is 4.79 Å². The van der Waals surface area contributed by atoms with Crippen LogP contribution in [0.1, 0.15) is 6.92 Å². The van der Waals surface area contributed by atoms with Gasteiger partial charge in [0.1, 0.15) is 24.5 Å². The van der Waals surface area contributed by atoms with Crippen LogP contribution in [0.5, 0.6) is 0 Å². The molecule has 19 heavy (non-hydrogen) atoms. The number of hydrogen-bond acceptors (Lipinski definition) is 7. The Hall–Kier alpha value is -1.77. The molecule has 0 unspecified atom stereocenters. The van der Waals surface area contributed by atoms with Gasteiger partial charge in [0.25, 0.3) is 0 Å². The van der Waals surface area contributed by atoms with Crippen molar-refractivity contribution in [2.45, 2.75) is 31.3 Å². The first-order chi connectivity index (χ1) is 8.87. The molecule has 4 N–H and O–H groups in total. The Balaban J connectivity index is 5.10. The maximum absolute atomic E-state index is 11.1. The van der Waals surface area contributed by atoms with E-state index in [4.69, 9.17) is 9.84 Å². The van der Waals surface area contributed by atoms with Crippen LogP contribution in [0, 0.1) is 0 Å². The highest BCUT2D eigenvalue weighted by Crippen LogP contribution is 2.09. The van der Waals surface area contributed by atoms with E-state index < -0.39 is 42.8 Å². The second-order valence-electron chi connectivity index (χ2n) is 3.71. The highest BCUT2D eigenvalue weighted by molar-refractivity contribution is 5.82. The van der Waals surface area contributed by atoms with Gasteiger partial charge in [0.05, 0.1) is 6.61 Å². The Morgan fingerprint density at radius 1 is 1.42 bits per heavy atom. The van der Waals surface area contributed by atoms with Crippen LogP contribution in [-0.4, -0.2) is 64.4 Å². The predicted molar refractivity (Wildman–Crippen MR) is 62.8 cm³/mol. The van der Waals surface area contributed by atoms with Crippen LogP contribution in [0.15, 0.2) is 12.7 Å². The number of amides is 1. The van der Waals surface area contributed by atoms with Crippen LogP contribution in [0.2, 0.25) is 0 Å². The summed E-state index contributed by atoms with van der Waals surface area (Å²) in [5, 5.41) is 29.9. The van der Waals surface area contributed by atoms with E-state index in [1.807, 2.05) is 0 Å². The minimum atomic E-state index is -1.75. The molecule has 0 aliphatic heterocycles. The van der Waals surface area contributed by atoms with Gasteiger partial charge in [-0.05, 0) is 0 Å². The number of hydrogen-bond donors (Lipinski definition) is 4. The van der Waals surface area contributed by atoms with Crippen LogP contribution in [0.4, 0.5) is 0 Å². The Labute approximate surface area is 109 Å². The van der Waals surface area contributed by atoms with Crippen molar-refractivity contribution in [1.29, 1.82) is 0 Å².